The normalized spacial score (nSPS) is 10.6. The van der Waals surface area contributed by atoms with E-state index < -0.39 is 0 Å². The Morgan fingerprint density at radius 3 is 1.42 bits per heavy atom. The van der Waals surface area contributed by atoms with Crippen molar-refractivity contribution in [3.05, 3.63) is 167 Å². The Labute approximate surface area is 342 Å². The lowest BCUT2D eigenvalue weighted by Crippen LogP contribution is -2.01. The van der Waals surface area contributed by atoms with Crippen LogP contribution in [0.2, 0.25) is 0 Å². The molecule has 2 aromatic heterocycles. The molecule has 5 aromatic carbocycles. The molecule has 4 heteroatoms. The molecule has 0 bridgehead atoms. The van der Waals surface area contributed by atoms with Crippen LogP contribution in [0.4, 0.5) is 0 Å². The number of pyridine rings is 1. The van der Waals surface area contributed by atoms with Crippen molar-refractivity contribution in [2.24, 2.45) is 0 Å². The largest absolute Gasteiger partial charge is 0.253 e. The first-order valence-electron chi connectivity index (χ1n) is 20.4. The molecule has 0 unspecified atom stereocenters. The van der Waals surface area contributed by atoms with Gasteiger partial charge in [-0.05, 0) is 122 Å². The molecule has 0 saturated carbocycles. The summed E-state index contributed by atoms with van der Waals surface area (Å²) in [6, 6.07) is 44.1. The molecule has 0 amide bonds. The van der Waals surface area contributed by atoms with E-state index in [9.17, 15) is 0 Å². The van der Waals surface area contributed by atoms with Crippen molar-refractivity contribution >= 4 is 12.2 Å². The topological polar surface area (TPSA) is 51.6 Å². The Hall–Kier alpha value is -6.26. The average Bonchev–Trinajstić information content (AvgIpc) is 3.28. The lowest BCUT2D eigenvalue weighted by atomic mass is 9.87. The van der Waals surface area contributed by atoms with Crippen LogP contribution in [0, 0.1) is 20.8 Å². The summed E-state index contributed by atoms with van der Waals surface area (Å²) in [7, 11) is 0. The molecule has 0 radical (unpaired) electrons. The summed E-state index contributed by atoms with van der Waals surface area (Å²) in [5.41, 5.74) is 15.1. The smallest absolute Gasteiger partial charge is 0.164 e. The van der Waals surface area contributed by atoms with Crippen LogP contribution in [-0.4, -0.2) is 19.9 Å². The Balaban J connectivity index is 0.00000115. The second-order valence-corrected chi connectivity index (χ2v) is 12.8. The molecule has 0 aliphatic heterocycles. The maximum absolute atomic E-state index is 5.12. The van der Waals surface area contributed by atoms with E-state index in [1.165, 1.54) is 22.3 Å². The van der Waals surface area contributed by atoms with Gasteiger partial charge in [0.2, 0.25) is 0 Å². The second-order valence-electron chi connectivity index (χ2n) is 12.8. The van der Waals surface area contributed by atoms with Gasteiger partial charge in [-0.1, -0.05) is 151 Å². The number of hydrogen-bond acceptors (Lipinski definition) is 4. The van der Waals surface area contributed by atoms with Crippen molar-refractivity contribution in [3.63, 3.8) is 0 Å². The van der Waals surface area contributed by atoms with Crippen molar-refractivity contribution in [1.82, 2.24) is 19.9 Å². The number of allylic oxidation sites excluding steroid dienone is 2. The van der Waals surface area contributed by atoms with E-state index in [2.05, 4.69) is 113 Å². The molecule has 7 rings (SSSR count). The average molecular weight is 751 g/mol. The third-order valence-corrected chi connectivity index (χ3v) is 9.25. The van der Waals surface area contributed by atoms with Crippen molar-refractivity contribution < 1.29 is 0 Å². The van der Waals surface area contributed by atoms with Gasteiger partial charge in [-0.3, -0.25) is 4.98 Å². The summed E-state index contributed by atoms with van der Waals surface area (Å²) in [4.78, 5) is 20.0. The van der Waals surface area contributed by atoms with E-state index in [0.717, 1.165) is 55.9 Å². The van der Waals surface area contributed by atoms with Gasteiger partial charge < -0.3 is 0 Å². The zero-order valence-corrected chi connectivity index (χ0v) is 35.7. The Morgan fingerprint density at radius 1 is 0.386 bits per heavy atom. The summed E-state index contributed by atoms with van der Waals surface area (Å²) in [5, 5.41) is 0. The predicted octanol–water partition coefficient (Wildman–Crippen LogP) is 15.3. The molecule has 2 heterocycles. The van der Waals surface area contributed by atoms with Crippen LogP contribution in [0.5, 0.6) is 0 Å². The number of rotatable bonds is 8. The number of nitrogens with zero attached hydrogens (tertiary/aromatic N) is 4. The van der Waals surface area contributed by atoms with Crippen molar-refractivity contribution in [3.8, 4) is 67.7 Å². The molecule has 0 aliphatic rings. The first-order valence-corrected chi connectivity index (χ1v) is 20.4. The minimum atomic E-state index is 0.618. The maximum atomic E-state index is 5.12. The first-order chi connectivity index (χ1) is 27.9. The lowest BCUT2D eigenvalue weighted by molar-refractivity contribution is 1.07. The minimum absolute atomic E-state index is 0.618. The van der Waals surface area contributed by atoms with Gasteiger partial charge in [0, 0.05) is 27.9 Å². The Bertz CT molecular complexity index is 2350. The van der Waals surface area contributed by atoms with Crippen LogP contribution >= 0.6 is 0 Å². The zero-order chi connectivity index (χ0) is 41.3. The Morgan fingerprint density at radius 2 is 0.860 bits per heavy atom. The molecular weight excluding hydrogens is 693 g/mol. The van der Waals surface area contributed by atoms with E-state index in [0.29, 0.717) is 17.5 Å². The third kappa shape index (κ3) is 10.5. The fraction of sp³-hybridized carbons (Fsp3) is 0.208. The molecule has 4 nitrogen and oxygen atoms in total. The Kier molecular flexibility index (Phi) is 16.6. The molecule has 0 N–H and O–H groups in total. The van der Waals surface area contributed by atoms with E-state index in [-0.39, 0.29) is 0 Å². The second kappa shape index (κ2) is 21.7. The SMILES string of the molecule is C/C=C\c1cc(-c2cc(-c3cccc(-c4cccc(C)n4)c3)cc(-c3nc(-c4ccccc4)nc(-c4ccccc4)n3)c2)c(/C=C\C)c(C)c1C.CC.CC.CC. The van der Waals surface area contributed by atoms with Gasteiger partial charge in [0.15, 0.2) is 17.5 Å². The summed E-state index contributed by atoms with van der Waals surface area (Å²) in [5.74, 6) is 1.89. The molecule has 57 heavy (non-hydrogen) atoms. The maximum Gasteiger partial charge on any atom is 0.164 e. The van der Waals surface area contributed by atoms with Crippen LogP contribution in [0.15, 0.2) is 140 Å². The standard InChI is InChI=1S/C47H40N4.3C2H6/c1-6-16-36-30-43(42(17-7-2)33(5)32(36)4)40-27-39(37-23-15-24-38(26-37)44-25-14-18-31(3)48-44)28-41(29-40)47-50-45(34-19-10-8-11-20-34)49-46(51-47)35-21-12-9-13-22-35;3*1-2/h6-30H,1-5H3;3*1-2H3/b16-6-,17-7-;;;. The van der Waals surface area contributed by atoms with Crippen LogP contribution in [0.1, 0.15) is 83.3 Å². The molecule has 0 saturated heterocycles. The van der Waals surface area contributed by atoms with E-state index >= 15 is 0 Å². The third-order valence-electron chi connectivity index (χ3n) is 9.25. The molecule has 0 atom stereocenters. The van der Waals surface area contributed by atoms with Gasteiger partial charge in [-0.2, -0.15) is 0 Å². The predicted molar refractivity (Wildman–Crippen MR) is 248 cm³/mol. The van der Waals surface area contributed by atoms with E-state index in [1.54, 1.807) is 0 Å². The number of aryl methyl sites for hydroxylation is 1. The number of hydrogen-bond donors (Lipinski definition) is 0. The van der Waals surface area contributed by atoms with Gasteiger partial charge >= 0.3 is 0 Å². The zero-order valence-electron chi connectivity index (χ0n) is 35.7. The van der Waals surface area contributed by atoms with Crippen molar-refractivity contribution in [2.75, 3.05) is 0 Å². The molecule has 290 valence electrons. The number of aromatic nitrogens is 4. The van der Waals surface area contributed by atoms with Crippen LogP contribution in [0.3, 0.4) is 0 Å². The summed E-state index contributed by atoms with van der Waals surface area (Å²) < 4.78 is 0. The monoisotopic (exact) mass is 750 g/mol. The summed E-state index contributed by atoms with van der Waals surface area (Å²) in [6.45, 7) is 22.6. The highest BCUT2D eigenvalue weighted by molar-refractivity contribution is 5.87. The van der Waals surface area contributed by atoms with Gasteiger partial charge in [0.05, 0.1) is 5.69 Å². The minimum Gasteiger partial charge on any atom is -0.253 e. The van der Waals surface area contributed by atoms with Crippen molar-refractivity contribution in [1.29, 1.82) is 0 Å². The van der Waals surface area contributed by atoms with Crippen LogP contribution in [0.25, 0.3) is 79.8 Å². The van der Waals surface area contributed by atoms with Crippen LogP contribution < -0.4 is 0 Å². The highest BCUT2D eigenvalue weighted by Gasteiger charge is 2.18. The van der Waals surface area contributed by atoms with Gasteiger partial charge in [0.25, 0.3) is 0 Å². The van der Waals surface area contributed by atoms with E-state index in [4.69, 9.17) is 19.9 Å². The highest BCUT2D eigenvalue weighted by Crippen LogP contribution is 2.38. The number of benzene rings is 5. The van der Waals surface area contributed by atoms with Gasteiger partial charge in [0.1, 0.15) is 0 Å². The quantitative estimate of drug-likeness (QED) is 0.155. The van der Waals surface area contributed by atoms with Crippen LogP contribution in [-0.2, 0) is 0 Å². The highest BCUT2D eigenvalue weighted by atomic mass is 15.0. The fourth-order valence-corrected chi connectivity index (χ4v) is 6.51. The van der Waals surface area contributed by atoms with Gasteiger partial charge in [-0.25, -0.2) is 15.0 Å². The summed E-state index contributed by atoms with van der Waals surface area (Å²) in [6.07, 6.45) is 8.64. The fourth-order valence-electron chi connectivity index (χ4n) is 6.51. The molecule has 7 aromatic rings. The first kappa shape index (κ1) is 43.5. The molecule has 0 aliphatic carbocycles. The van der Waals surface area contributed by atoms with Gasteiger partial charge in [-0.15, -0.1) is 0 Å². The molecular formula is C53H58N4. The van der Waals surface area contributed by atoms with Crippen molar-refractivity contribution in [2.45, 2.75) is 76.2 Å². The molecule has 0 fully saturated rings. The van der Waals surface area contributed by atoms with E-state index in [1.807, 2.05) is 115 Å². The lowest BCUT2D eigenvalue weighted by Gasteiger charge is -2.18. The summed E-state index contributed by atoms with van der Waals surface area (Å²) >= 11 is 0. The molecule has 0 spiro atoms.